The molecule has 0 saturated carbocycles. The number of hydrogen-bond donors (Lipinski definition) is 0. The minimum atomic E-state index is -3.00. The summed E-state index contributed by atoms with van der Waals surface area (Å²) in [5.74, 6) is 0.448. The van der Waals surface area contributed by atoms with Crippen LogP contribution in [0.5, 0.6) is 0 Å². The Kier molecular flexibility index (Phi) is 5.01. The van der Waals surface area contributed by atoms with Crippen LogP contribution < -0.4 is 0 Å². The molecule has 24 heavy (non-hydrogen) atoms. The zero-order chi connectivity index (χ0) is 17.3. The highest BCUT2D eigenvalue weighted by Crippen LogP contribution is 2.39. The van der Waals surface area contributed by atoms with Crippen LogP contribution in [-0.4, -0.2) is 47.2 Å². The topological polar surface area (TPSA) is 66.8 Å². The summed E-state index contributed by atoms with van der Waals surface area (Å²) >= 11 is 1.44. The molecule has 2 aliphatic heterocycles. The molecule has 1 aromatic carbocycles. The predicted octanol–water partition coefficient (Wildman–Crippen LogP) is 2.33. The number of carbonyl (C=O) groups is 1. The van der Waals surface area contributed by atoms with Gasteiger partial charge in [0.1, 0.15) is 0 Å². The predicted molar refractivity (Wildman–Crippen MR) is 97.7 cm³/mol. The normalized spacial score (nSPS) is 27.0. The Morgan fingerprint density at radius 2 is 2.00 bits per heavy atom. The van der Waals surface area contributed by atoms with Crippen LogP contribution in [0.1, 0.15) is 25.8 Å². The van der Waals surface area contributed by atoms with Crippen LogP contribution in [0.15, 0.2) is 35.3 Å². The van der Waals surface area contributed by atoms with Crippen molar-refractivity contribution < 1.29 is 13.2 Å². The van der Waals surface area contributed by atoms with Crippen molar-refractivity contribution >= 4 is 32.7 Å². The summed E-state index contributed by atoms with van der Waals surface area (Å²) in [6.45, 7) is 4.56. The summed E-state index contributed by atoms with van der Waals surface area (Å²) in [4.78, 5) is 18.4. The monoisotopic (exact) mass is 366 g/mol. The molecule has 2 heterocycles. The van der Waals surface area contributed by atoms with E-state index < -0.39 is 9.84 Å². The molecule has 5 nitrogen and oxygen atoms in total. The first-order chi connectivity index (χ1) is 11.3. The van der Waals surface area contributed by atoms with E-state index in [-0.39, 0.29) is 34.6 Å². The van der Waals surface area contributed by atoms with E-state index in [1.807, 2.05) is 49.1 Å². The zero-order valence-electron chi connectivity index (χ0n) is 13.9. The van der Waals surface area contributed by atoms with E-state index >= 15 is 0 Å². The van der Waals surface area contributed by atoms with E-state index in [1.165, 1.54) is 11.8 Å². The van der Waals surface area contributed by atoms with Crippen molar-refractivity contribution in [3.05, 3.63) is 35.9 Å². The van der Waals surface area contributed by atoms with Crippen LogP contribution in [0.2, 0.25) is 0 Å². The number of fused-ring (bicyclic) bond motifs is 1. The highest BCUT2D eigenvalue weighted by atomic mass is 32.2. The Morgan fingerprint density at radius 3 is 2.67 bits per heavy atom. The van der Waals surface area contributed by atoms with Crippen molar-refractivity contribution in [2.45, 2.75) is 38.1 Å². The van der Waals surface area contributed by atoms with Crippen LogP contribution in [-0.2, 0) is 21.2 Å². The zero-order valence-corrected chi connectivity index (χ0v) is 15.5. The Labute approximate surface area is 147 Å². The molecule has 1 aromatic rings. The number of amides is 1. The molecule has 0 N–H and O–H groups in total. The highest BCUT2D eigenvalue weighted by molar-refractivity contribution is 8.15. The molecule has 0 radical (unpaired) electrons. The van der Waals surface area contributed by atoms with Crippen molar-refractivity contribution in [2.75, 3.05) is 11.5 Å². The van der Waals surface area contributed by atoms with Crippen LogP contribution in [0.3, 0.4) is 0 Å². The number of thioether (sulfide) groups is 1. The Morgan fingerprint density at radius 1 is 1.29 bits per heavy atom. The molecule has 7 heteroatoms. The third-order valence-electron chi connectivity index (χ3n) is 4.17. The van der Waals surface area contributed by atoms with Gasteiger partial charge in [-0.2, -0.15) is 4.99 Å². The number of aliphatic imine (C=N–C) groups is 1. The van der Waals surface area contributed by atoms with Crippen molar-refractivity contribution in [3.63, 3.8) is 0 Å². The fraction of sp³-hybridized carbons (Fsp3) is 0.529. The molecular weight excluding hydrogens is 344 g/mol. The first-order valence-corrected chi connectivity index (χ1v) is 10.8. The van der Waals surface area contributed by atoms with Gasteiger partial charge in [0.2, 0.25) is 5.91 Å². The third kappa shape index (κ3) is 4.00. The van der Waals surface area contributed by atoms with E-state index in [9.17, 15) is 13.2 Å². The molecule has 0 bridgehead atoms. The van der Waals surface area contributed by atoms with Crippen LogP contribution in [0.4, 0.5) is 0 Å². The molecule has 2 aliphatic rings. The minimum absolute atomic E-state index is 0.0238. The van der Waals surface area contributed by atoms with E-state index in [1.54, 1.807) is 0 Å². The molecule has 1 amide bonds. The maximum Gasteiger partial charge on any atom is 0.248 e. The lowest BCUT2D eigenvalue weighted by molar-refractivity contribution is -0.118. The van der Waals surface area contributed by atoms with Gasteiger partial charge >= 0.3 is 0 Å². The molecule has 3 rings (SSSR count). The number of hydrogen-bond acceptors (Lipinski definition) is 4. The van der Waals surface area contributed by atoms with Crippen molar-refractivity contribution in [1.29, 1.82) is 0 Å². The summed E-state index contributed by atoms with van der Waals surface area (Å²) in [7, 11) is -3.00. The standard InChI is InChI=1S/C17H22N2O3S2/c1-12(2)8-16(20)18-17-19(9-13-6-4-3-5-7-13)14-10-24(21,22)11-15(14)23-17/h3-7,12,14-15H,8-11H2,1-2H3/t14-,15+/m1/s1. The number of benzene rings is 1. The lowest BCUT2D eigenvalue weighted by Gasteiger charge is -2.24. The van der Waals surface area contributed by atoms with Crippen molar-refractivity contribution in [3.8, 4) is 0 Å². The number of carbonyl (C=O) groups excluding carboxylic acids is 1. The summed E-state index contributed by atoms with van der Waals surface area (Å²) in [6, 6.07) is 9.80. The van der Waals surface area contributed by atoms with Crippen molar-refractivity contribution in [2.24, 2.45) is 10.9 Å². The van der Waals surface area contributed by atoms with E-state index in [4.69, 9.17) is 0 Å². The van der Waals surface area contributed by atoms with Crippen LogP contribution >= 0.6 is 11.8 Å². The van der Waals surface area contributed by atoms with Gasteiger partial charge in [-0.1, -0.05) is 55.9 Å². The lowest BCUT2D eigenvalue weighted by Crippen LogP contribution is -2.37. The maximum atomic E-state index is 12.1. The summed E-state index contributed by atoms with van der Waals surface area (Å²) in [6.07, 6.45) is 0.414. The smallest absolute Gasteiger partial charge is 0.248 e. The van der Waals surface area contributed by atoms with E-state index in [0.29, 0.717) is 18.1 Å². The van der Waals surface area contributed by atoms with Gasteiger partial charge in [-0.3, -0.25) is 4.79 Å². The highest BCUT2D eigenvalue weighted by Gasteiger charge is 2.48. The molecule has 0 spiro atoms. The average molecular weight is 367 g/mol. The van der Waals surface area contributed by atoms with Gasteiger partial charge in [-0.15, -0.1) is 0 Å². The molecule has 0 aliphatic carbocycles. The first kappa shape index (κ1) is 17.5. The van der Waals surface area contributed by atoms with Gasteiger partial charge in [-0.05, 0) is 11.5 Å². The maximum absolute atomic E-state index is 12.1. The quantitative estimate of drug-likeness (QED) is 0.818. The second kappa shape index (κ2) is 6.88. The SMILES string of the molecule is CC(C)CC(=O)N=C1S[C@H]2CS(=O)(=O)C[C@H]2N1Cc1ccccc1. The molecule has 2 saturated heterocycles. The van der Waals surface area contributed by atoms with Gasteiger partial charge < -0.3 is 4.90 Å². The largest absolute Gasteiger partial charge is 0.342 e. The Hall–Kier alpha value is -1.34. The van der Waals surface area contributed by atoms with Gasteiger partial charge in [0, 0.05) is 18.2 Å². The van der Waals surface area contributed by atoms with Gasteiger partial charge in [0.15, 0.2) is 15.0 Å². The van der Waals surface area contributed by atoms with Gasteiger partial charge in [0.05, 0.1) is 17.5 Å². The van der Waals surface area contributed by atoms with Crippen LogP contribution in [0.25, 0.3) is 0 Å². The minimum Gasteiger partial charge on any atom is -0.342 e. The fourth-order valence-corrected chi connectivity index (χ4v) is 7.07. The summed E-state index contributed by atoms with van der Waals surface area (Å²) in [5, 5.41) is 0.652. The summed E-state index contributed by atoms with van der Waals surface area (Å²) in [5.41, 5.74) is 1.09. The molecule has 0 unspecified atom stereocenters. The van der Waals surface area contributed by atoms with Crippen molar-refractivity contribution in [1.82, 2.24) is 4.90 Å². The average Bonchev–Trinajstić information content (AvgIpc) is 2.92. The number of nitrogens with zero attached hydrogens (tertiary/aromatic N) is 2. The Balaban J connectivity index is 1.85. The molecular formula is C17H22N2O3S2. The molecule has 130 valence electrons. The molecule has 2 atom stereocenters. The lowest BCUT2D eigenvalue weighted by atomic mass is 10.1. The number of sulfone groups is 1. The first-order valence-electron chi connectivity index (χ1n) is 8.13. The van der Waals surface area contributed by atoms with Crippen LogP contribution in [0, 0.1) is 5.92 Å². The van der Waals surface area contributed by atoms with Gasteiger partial charge in [-0.25, -0.2) is 8.42 Å². The van der Waals surface area contributed by atoms with E-state index in [2.05, 4.69) is 4.99 Å². The number of rotatable bonds is 4. The second-order valence-electron chi connectivity index (χ2n) is 6.80. The Bertz CT molecular complexity index is 744. The fourth-order valence-electron chi connectivity index (χ4n) is 3.10. The number of amidine groups is 1. The van der Waals surface area contributed by atoms with Gasteiger partial charge in [0.25, 0.3) is 0 Å². The summed E-state index contributed by atoms with van der Waals surface area (Å²) < 4.78 is 23.9. The second-order valence-corrected chi connectivity index (χ2v) is 10.2. The van der Waals surface area contributed by atoms with E-state index in [0.717, 1.165) is 5.56 Å². The molecule has 0 aromatic heterocycles. The third-order valence-corrected chi connectivity index (χ3v) is 7.42. The molecule has 2 fully saturated rings.